The number of amides is 3. The van der Waals surface area contributed by atoms with E-state index in [0.717, 1.165) is 19.4 Å². The third-order valence-corrected chi connectivity index (χ3v) is 3.53. The molecular formula is C16H21N3O3. The predicted molar refractivity (Wildman–Crippen MR) is 83.5 cm³/mol. The fourth-order valence-corrected chi connectivity index (χ4v) is 2.45. The molecule has 1 aliphatic rings. The molecular weight excluding hydrogens is 282 g/mol. The maximum atomic E-state index is 12.1. The molecule has 0 unspecified atom stereocenters. The molecule has 2 rings (SSSR count). The molecule has 22 heavy (non-hydrogen) atoms. The van der Waals surface area contributed by atoms with Crippen LogP contribution in [0.1, 0.15) is 36.5 Å². The van der Waals surface area contributed by atoms with Crippen molar-refractivity contribution in [3.05, 3.63) is 29.8 Å². The van der Waals surface area contributed by atoms with Crippen molar-refractivity contribution in [1.82, 2.24) is 10.2 Å². The van der Waals surface area contributed by atoms with Crippen molar-refractivity contribution in [2.75, 3.05) is 25.0 Å². The Bertz CT molecular complexity index is 572. The van der Waals surface area contributed by atoms with Crippen LogP contribution in [-0.4, -0.2) is 42.3 Å². The molecule has 0 aliphatic carbocycles. The molecule has 0 atom stereocenters. The molecule has 0 radical (unpaired) electrons. The normalized spacial score (nSPS) is 14.6. The first-order chi connectivity index (χ1) is 10.6. The SMILES string of the molecule is CC(=O)Nc1cccc(C(=O)NCCN2CCCCC2=O)c1. The van der Waals surface area contributed by atoms with Crippen molar-refractivity contribution >= 4 is 23.4 Å². The van der Waals surface area contributed by atoms with Gasteiger partial charge in [0.25, 0.3) is 5.91 Å². The summed E-state index contributed by atoms with van der Waals surface area (Å²) in [6.45, 7) is 3.15. The minimum atomic E-state index is -0.211. The van der Waals surface area contributed by atoms with Crippen molar-refractivity contribution in [1.29, 1.82) is 0 Å². The van der Waals surface area contributed by atoms with Gasteiger partial charge in [-0.05, 0) is 31.0 Å². The summed E-state index contributed by atoms with van der Waals surface area (Å²) in [5.41, 5.74) is 1.07. The Morgan fingerprint density at radius 3 is 2.82 bits per heavy atom. The molecule has 1 fully saturated rings. The van der Waals surface area contributed by atoms with E-state index in [2.05, 4.69) is 10.6 Å². The molecule has 0 saturated carbocycles. The van der Waals surface area contributed by atoms with E-state index in [0.29, 0.717) is 30.8 Å². The molecule has 0 bridgehead atoms. The van der Waals surface area contributed by atoms with E-state index in [1.54, 1.807) is 29.2 Å². The quantitative estimate of drug-likeness (QED) is 0.862. The number of carbonyl (C=O) groups excluding carboxylic acids is 3. The Morgan fingerprint density at radius 2 is 2.09 bits per heavy atom. The van der Waals surface area contributed by atoms with Crippen LogP contribution in [0.15, 0.2) is 24.3 Å². The minimum Gasteiger partial charge on any atom is -0.350 e. The zero-order chi connectivity index (χ0) is 15.9. The van der Waals surface area contributed by atoms with Crippen molar-refractivity contribution in [2.24, 2.45) is 0 Å². The maximum absolute atomic E-state index is 12.1. The Kier molecular flexibility index (Phi) is 5.52. The van der Waals surface area contributed by atoms with E-state index < -0.39 is 0 Å². The van der Waals surface area contributed by atoms with Crippen LogP contribution < -0.4 is 10.6 Å². The highest BCUT2D eigenvalue weighted by Gasteiger charge is 2.17. The van der Waals surface area contributed by atoms with Crippen LogP contribution in [0.5, 0.6) is 0 Å². The van der Waals surface area contributed by atoms with Crippen molar-refractivity contribution in [3.63, 3.8) is 0 Å². The van der Waals surface area contributed by atoms with Gasteiger partial charge < -0.3 is 15.5 Å². The summed E-state index contributed by atoms with van der Waals surface area (Å²) in [6, 6.07) is 6.76. The highest BCUT2D eigenvalue weighted by atomic mass is 16.2. The van der Waals surface area contributed by atoms with Crippen LogP contribution in [-0.2, 0) is 9.59 Å². The standard InChI is InChI=1S/C16H21N3O3/c1-12(20)18-14-6-4-5-13(11-14)16(22)17-8-10-19-9-3-2-7-15(19)21/h4-6,11H,2-3,7-10H2,1H3,(H,17,22)(H,18,20). The summed E-state index contributed by atoms with van der Waals surface area (Å²) in [5.74, 6) is -0.231. The Labute approximate surface area is 129 Å². The second-order valence-electron chi connectivity index (χ2n) is 5.36. The number of anilines is 1. The van der Waals surface area contributed by atoms with Gasteiger partial charge in [-0.25, -0.2) is 0 Å². The first-order valence-electron chi connectivity index (χ1n) is 7.50. The summed E-state index contributed by atoms with van der Waals surface area (Å²) in [7, 11) is 0. The number of hydrogen-bond acceptors (Lipinski definition) is 3. The van der Waals surface area contributed by atoms with Crippen LogP contribution in [0.25, 0.3) is 0 Å². The second-order valence-corrected chi connectivity index (χ2v) is 5.36. The monoisotopic (exact) mass is 303 g/mol. The molecule has 1 saturated heterocycles. The molecule has 2 N–H and O–H groups in total. The van der Waals surface area contributed by atoms with Crippen LogP contribution in [0.4, 0.5) is 5.69 Å². The zero-order valence-corrected chi connectivity index (χ0v) is 12.7. The number of likely N-dealkylation sites (tertiary alicyclic amines) is 1. The summed E-state index contributed by atoms with van der Waals surface area (Å²) in [5, 5.41) is 5.44. The van der Waals surface area contributed by atoms with E-state index in [1.807, 2.05) is 0 Å². The van der Waals surface area contributed by atoms with Gasteiger partial charge in [-0.2, -0.15) is 0 Å². The van der Waals surface area contributed by atoms with Crippen LogP contribution in [0.3, 0.4) is 0 Å². The highest BCUT2D eigenvalue weighted by molar-refractivity contribution is 5.96. The van der Waals surface area contributed by atoms with Crippen LogP contribution in [0.2, 0.25) is 0 Å². The smallest absolute Gasteiger partial charge is 0.251 e. The molecule has 6 nitrogen and oxygen atoms in total. The van der Waals surface area contributed by atoms with E-state index >= 15 is 0 Å². The molecule has 3 amide bonds. The lowest BCUT2D eigenvalue weighted by molar-refractivity contribution is -0.133. The summed E-state index contributed by atoms with van der Waals surface area (Å²) in [6.07, 6.45) is 2.59. The van der Waals surface area contributed by atoms with Gasteiger partial charge in [0.15, 0.2) is 0 Å². The number of benzene rings is 1. The lowest BCUT2D eigenvalue weighted by Crippen LogP contribution is -2.41. The van der Waals surface area contributed by atoms with Gasteiger partial charge in [-0.15, -0.1) is 0 Å². The molecule has 6 heteroatoms. The first-order valence-corrected chi connectivity index (χ1v) is 7.50. The van der Waals surface area contributed by atoms with Gasteiger partial charge in [0, 0.05) is 44.2 Å². The van der Waals surface area contributed by atoms with E-state index in [4.69, 9.17) is 0 Å². The Balaban J connectivity index is 1.84. The fraction of sp³-hybridized carbons (Fsp3) is 0.438. The Morgan fingerprint density at radius 1 is 1.27 bits per heavy atom. The topological polar surface area (TPSA) is 78.5 Å². The van der Waals surface area contributed by atoms with Gasteiger partial charge in [0.1, 0.15) is 0 Å². The largest absolute Gasteiger partial charge is 0.350 e. The number of nitrogens with one attached hydrogen (secondary N) is 2. The van der Waals surface area contributed by atoms with Gasteiger partial charge in [-0.3, -0.25) is 14.4 Å². The molecule has 1 heterocycles. The second kappa shape index (κ2) is 7.59. The average Bonchev–Trinajstić information content (AvgIpc) is 2.48. The van der Waals surface area contributed by atoms with Gasteiger partial charge in [0.05, 0.1) is 0 Å². The average molecular weight is 303 g/mol. The van der Waals surface area contributed by atoms with Crippen LogP contribution in [0, 0.1) is 0 Å². The highest BCUT2D eigenvalue weighted by Crippen LogP contribution is 2.11. The van der Waals surface area contributed by atoms with E-state index in [9.17, 15) is 14.4 Å². The summed E-state index contributed by atoms with van der Waals surface area (Å²) in [4.78, 5) is 36.6. The maximum Gasteiger partial charge on any atom is 0.251 e. The molecule has 1 aliphatic heterocycles. The van der Waals surface area contributed by atoms with E-state index in [1.165, 1.54) is 6.92 Å². The number of piperidine rings is 1. The molecule has 1 aromatic rings. The third kappa shape index (κ3) is 4.58. The van der Waals surface area contributed by atoms with Crippen molar-refractivity contribution < 1.29 is 14.4 Å². The molecule has 1 aromatic carbocycles. The lowest BCUT2D eigenvalue weighted by Gasteiger charge is -2.26. The van der Waals surface area contributed by atoms with Gasteiger partial charge in [0.2, 0.25) is 11.8 Å². The van der Waals surface area contributed by atoms with Gasteiger partial charge >= 0.3 is 0 Å². The summed E-state index contributed by atoms with van der Waals surface area (Å²) < 4.78 is 0. The van der Waals surface area contributed by atoms with Crippen molar-refractivity contribution in [3.8, 4) is 0 Å². The number of hydrogen-bond donors (Lipinski definition) is 2. The fourth-order valence-electron chi connectivity index (χ4n) is 2.45. The summed E-state index contributed by atoms with van der Waals surface area (Å²) >= 11 is 0. The van der Waals surface area contributed by atoms with Crippen LogP contribution >= 0.6 is 0 Å². The van der Waals surface area contributed by atoms with Crippen molar-refractivity contribution in [2.45, 2.75) is 26.2 Å². The molecule has 0 aromatic heterocycles. The van der Waals surface area contributed by atoms with Gasteiger partial charge in [-0.1, -0.05) is 6.07 Å². The molecule has 0 spiro atoms. The van der Waals surface area contributed by atoms with E-state index in [-0.39, 0.29) is 17.7 Å². The third-order valence-electron chi connectivity index (χ3n) is 3.53. The zero-order valence-electron chi connectivity index (χ0n) is 12.7. The molecule has 118 valence electrons. The minimum absolute atomic E-state index is 0.160. The first kappa shape index (κ1) is 16.0. The number of carbonyl (C=O) groups is 3. The number of rotatable bonds is 5. The number of nitrogens with zero attached hydrogens (tertiary/aromatic N) is 1. The predicted octanol–water partition coefficient (Wildman–Crippen LogP) is 1.39. The lowest BCUT2D eigenvalue weighted by atomic mass is 10.1. The Hall–Kier alpha value is -2.37.